The number of piperidine rings is 1. The number of likely N-dealkylation sites (tertiary alicyclic amines) is 1. The Morgan fingerprint density at radius 2 is 1.85 bits per heavy atom. The maximum atomic E-state index is 12.4. The fourth-order valence-corrected chi connectivity index (χ4v) is 3.05. The first-order valence-electron chi connectivity index (χ1n) is 8.87. The predicted octanol–water partition coefficient (Wildman–Crippen LogP) is 1.79. The smallest absolute Gasteiger partial charge is 0.309 e. The lowest BCUT2D eigenvalue weighted by Gasteiger charge is -2.30. The number of hydrogen-bond donors (Lipinski definition) is 1. The van der Waals surface area contributed by atoms with E-state index in [0.29, 0.717) is 55.3 Å². The summed E-state index contributed by atoms with van der Waals surface area (Å²) in [6, 6.07) is 5.14. The molecule has 27 heavy (non-hydrogen) atoms. The van der Waals surface area contributed by atoms with E-state index in [9.17, 15) is 14.9 Å². The number of carbonyl (C=O) groups is 2. The Kier molecular flexibility index (Phi) is 7.44. The molecule has 1 N–H and O–H groups in total. The van der Waals surface area contributed by atoms with E-state index in [0.717, 1.165) is 0 Å². The van der Waals surface area contributed by atoms with E-state index in [-0.39, 0.29) is 24.3 Å². The SMILES string of the molecule is CCOC(=O)C1CCN(CC(=O)Nc2cc(OC)c(OC)cc2C#N)CC1. The number of rotatable bonds is 7. The average Bonchev–Trinajstić information content (AvgIpc) is 2.68. The molecular weight excluding hydrogens is 350 g/mol. The molecule has 1 aliphatic heterocycles. The van der Waals surface area contributed by atoms with Gasteiger partial charge in [0.05, 0.1) is 44.5 Å². The lowest BCUT2D eigenvalue weighted by molar-refractivity contribution is -0.149. The van der Waals surface area contributed by atoms with Crippen LogP contribution in [-0.4, -0.2) is 57.2 Å². The van der Waals surface area contributed by atoms with Crippen LogP contribution < -0.4 is 14.8 Å². The molecule has 0 spiro atoms. The molecule has 1 aromatic carbocycles. The third-order valence-corrected chi connectivity index (χ3v) is 4.49. The van der Waals surface area contributed by atoms with Crippen LogP contribution in [0.5, 0.6) is 11.5 Å². The van der Waals surface area contributed by atoms with Crippen LogP contribution in [-0.2, 0) is 14.3 Å². The normalized spacial score (nSPS) is 14.9. The van der Waals surface area contributed by atoms with Gasteiger partial charge in [0.1, 0.15) is 6.07 Å². The van der Waals surface area contributed by atoms with Gasteiger partial charge >= 0.3 is 5.97 Å². The Bertz CT molecular complexity index is 721. The van der Waals surface area contributed by atoms with Crippen LogP contribution in [0.1, 0.15) is 25.3 Å². The summed E-state index contributed by atoms with van der Waals surface area (Å²) in [7, 11) is 2.97. The zero-order chi connectivity index (χ0) is 19.8. The van der Waals surface area contributed by atoms with Gasteiger partial charge in [0, 0.05) is 12.1 Å². The molecule has 1 saturated heterocycles. The van der Waals surface area contributed by atoms with Crippen LogP contribution in [0, 0.1) is 17.2 Å². The second-order valence-electron chi connectivity index (χ2n) is 6.22. The highest BCUT2D eigenvalue weighted by atomic mass is 16.5. The van der Waals surface area contributed by atoms with E-state index in [1.54, 1.807) is 13.0 Å². The zero-order valence-corrected chi connectivity index (χ0v) is 15.9. The number of methoxy groups -OCH3 is 2. The number of esters is 1. The first-order valence-corrected chi connectivity index (χ1v) is 8.87. The van der Waals surface area contributed by atoms with Crippen molar-refractivity contribution in [1.29, 1.82) is 5.26 Å². The van der Waals surface area contributed by atoms with Crippen molar-refractivity contribution in [3.8, 4) is 17.6 Å². The van der Waals surface area contributed by atoms with E-state index in [1.165, 1.54) is 20.3 Å². The minimum Gasteiger partial charge on any atom is -0.493 e. The minimum absolute atomic E-state index is 0.0969. The van der Waals surface area contributed by atoms with Crippen LogP contribution in [0.3, 0.4) is 0 Å². The van der Waals surface area contributed by atoms with Crippen molar-refractivity contribution in [3.63, 3.8) is 0 Å². The summed E-state index contributed by atoms with van der Waals surface area (Å²) in [6.45, 7) is 3.66. The Morgan fingerprint density at radius 3 is 2.41 bits per heavy atom. The van der Waals surface area contributed by atoms with E-state index in [2.05, 4.69) is 5.32 Å². The Morgan fingerprint density at radius 1 is 1.22 bits per heavy atom. The number of anilines is 1. The van der Waals surface area contributed by atoms with Crippen molar-refractivity contribution < 1.29 is 23.8 Å². The molecule has 0 aromatic heterocycles. The molecule has 8 nitrogen and oxygen atoms in total. The van der Waals surface area contributed by atoms with Gasteiger partial charge in [-0.3, -0.25) is 14.5 Å². The third kappa shape index (κ3) is 5.34. The molecule has 1 heterocycles. The van der Waals surface area contributed by atoms with Crippen LogP contribution in [0.25, 0.3) is 0 Å². The zero-order valence-electron chi connectivity index (χ0n) is 15.9. The van der Waals surface area contributed by atoms with E-state index in [4.69, 9.17) is 14.2 Å². The molecule has 0 unspecified atom stereocenters. The predicted molar refractivity (Wildman–Crippen MR) is 98.7 cm³/mol. The molecule has 8 heteroatoms. The highest BCUT2D eigenvalue weighted by molar-refractivity contribution is 5.94. The third-order valence-electron chi connectivity index (χ3n) is 4.49. The molecular formula is C19H25N3O5. The quantitative estimate of drug-likeness (QED) is 0.725. The van der Waals surface area contributed by atoms with Gasteiger partial charge in [-0.2, -0.15) is 5.26 Å². The Hall–Kier alpha value is -2.79. The molecule has 1 aromatic rings. The topological polar surface area (TPSA) is 101 Å². The van der Waals surface area contributed by atoms with Gasteiger partial charge in [0.2, 0.25) is 5.91 Å². The van der Waals surface area contributed by atoms with E-state index in [1.807, 2.05) is 11.0 Å². The molecule has 0 saturated carbocycles. The number of nitrogens with zero attached hydrogens (tertiary/aromatic N) is 2. The summed E-state index contributed by atoms with van der Waals surface area (Å²) in [5.74, 6) is 0.370. The van der Waals surface area contributed by atoms with Gasteiger partial charge in [-0.1, -0.05) is 0 Å². The van der Waals surface area contributed by atoms with Gasteiger partial charge in [-0.15, -0.1) is 0 Å². The maximum Gasteiger partial charge on any atom is 0.309 e. The fraction of sp³-hybridized carbons (Fsp3) is 0.526. The second kappa shape index (κ2) is 9.78. The Labute approximate surface area is 159 Å². The lowest BCUT2D eigenvalue weighted by Crippen LogP contribution is -2.41. The average molecular weight is 375 g/mol. The molecule has 0 bridgehead atoms. The van der Waals surface area contributed by atoms with Crippen molar-refractivity contribution in [2.75, 3.05) is 45.8 Å². The van der Waals surface area contributed by atoms with Crippen LogP contribution in [0.2, 0.25) is 0 Å². The van der Waals surface area contributed by atoms with Gasteiger partial charge in [0.15, 0.2) is 11.5 Å². The number of benzene rings is 1. The van der Waals surface area contributed by atoms with Crippen molar-refractivity contribution in [1.82, 2.24) is 4.90 Å². The largest absolute Gasteiger partial charge is 0.493 e. The molecule has 1 fully saturated rings. The molecule has 1 amide bonds. The maximum absolute atomic E-state index is 12.4. The van der Waals surface area contributed by atoms with Crippen LogP contribution >= 0.6 is 0 Å². The molecule has 2 rings (SSSR count). The number of ether oxygens (including phenoxy) is 3. The number of nitriles is 1. The first-order chi connectivity index (χ1) is 13.0. The highest BCUT2D eigenvalue weighted by Crippen LogP contribution is 2.33. The number of nitrogens with one attached hydrogen (secondary N) is 1. The molecule has 146 valence electrons. The van der Waals surface area contributed by atoms with Crippen molar-refractivity contribution in [3.05, 3.63) is 17.7 Å². The van der Waals surface area contributed by atoms with Crippen molar-refractivity contribution in [2.45, 2.75) is 19.8 Å². The highest BCUT2D eigenvalue weighted by Gasteiger charge is 2.27. The summed E-state index contributed by atoms with van der Waals surface area (Å²) in [5.41, 5.74) is 0.670. The van der Waals surface area contributed by atoms with Gasteiger partial charge in [0.25, 0.3) is 0 Å². The summed E-state index contributed by atoms with van der Waals surface area (Å²) >= 11 is 0. The summed E-state index contributed by atoms with van der Waals surface area (Å²) in [4.78, 5) is 26.2. The molecule has 1 aliphatic rings. The van der Waals surface area contributed by atoms with E-state index >= 15 is 0 Å². The van der Waals surface area contributed by atoms with Gasteiger partial charge < -0.3 is 19.5 Å². The molecule has 0 aliphatic carbocycles. The monoisotopic (exact) mass is 375 g/mol. The number of amides is 1. The minimum atomic E-state index is -0.228. The standard InChI is InChI=1S/C19H25N3O5/c1-4-27-19(24)13-5-7-22(8-6-13)12-18(23)21-15-10-17(26-3)16(25-2)9-14(15)11-20/h9-10,13H,4-8,12H2,1-3H3,(H,21,23). The van der Waals surface area contributed by atoms with Crippen molar-refractivity contribution in [2.24, 2.45) is 5.92 Å². The van der Waals surface area contributed by atoms with Crippen LogP contribution in [0.15, 0.2) is 12.1 Å². The summed E-state index contributed by atoms with van der Waals surface area (Å²) in [5, 5.41) is 12.1. The Balaban J connectivity index is 1.95. The van der Waals surface area contributed by atoms with Gasteiger partial charge in [-0.05, 0) is 32.9 Å². The first kappa shape index (κ1) is 20.5. The number of carbonyl (C=O) groups excluding carboxylic acids is 2. The summed E-state index contributed by atoms with van der Waals surface area (Å²) in [6.07, 6.45) is 1.35. The molecule has 0 atom stereocenters. The molecule has 0 radical (unpaired) electrons. The number of hydrogen-bond acceptors (Lipinski definition) is 7. The fourth-order valence-electron chi connectivity index (χ4n) is 3.05. The van der Waals surface area contributed by atoms with Gasteiger partial charge in [-0.25, -0.2) is 0 Å². The second-order valence-corrected chi connectivity index (χ2v) is 6.22. The van der Waals surface area contributed by atoms with E-state index < -0.39 is 0 Å². The summed E-state index contributed by atoms with van der Waals surface area (Å²) < 4.78 is 15.4. The lowest BCUT2D eigenvalue weighted by atomic mass is 9.97. The van der Waals surface area contributed by atoms with Crippen LogP contribution in [0.4, 0.5) is 5.69 Å². The van der Waals surface area contributed by atoms with Crippen molar-refractivity contribution >= 4 is 17.6 Å².